The number of methoxy groups -OCH3 is 1. The molecule has 0 aliphatic heterocycles. The second kappa shape index (κ2) is 11.1. The Bertz CT molecular complexity index is 1010. The maximum absolute atomic E-state index is 5.67. The Morgan fingerprint density at radius 3 is 2.65 bits per heavy atom. The maximum Gasteiger partial charge on any atom is 0.196 e. The molecule has 31 heavy (non-hydrogen) atoms. The van der Waals surface area contributed by atoms with Gasteiger partial charge in [0, 0.05) is 37.2 Å². The highest BCUT2D eigenvalue weighted by Gasteiger charge is 2.07. The van der Waals surface area contributed by atoms with Gasteiger partial charge < -0.3 is 24.7 Å². The van der Waals surface area contributed by atoms with Gasteiger partial charge >= 0.3 is 0 Å². The van der Waals surface area contributed by atoms with Gasteiger partial charge in [-0.3, -0.25) is 0 Å². The van der Waals surface area contributed by atoms with Crippen LogP contribution in [0.2, 0.25) is 0 Å². The van der Waals surface area contributed by atoms with E-state index in [-0.39, 0.29) is 0 Å². The quantitative estimate of drug-likeness (QED) is 0.400. The fourth-order valence-corrected chi connectivity index (χ4v) is 3.23. The monoisotopic (exact) mass is 421 g/mol. The summed E-state index contributed by atoms with van der Waals surface area (Å²) < 4.78 is 13.2. The van der Waals surface area contributed by atoms with E-state index in [1.54, 1.807) is 7.11 Å². The zero-order valence-electron chi connectivity index (χ0n) is 18.7. The van der Waals surface area contributed by atoms with E-state index in [0.29, 0.717) is 30.6 Å². The van der Waals surface area contributed by atoms with Crippen LogP contribution >= 0.6 is 0 Å². The second-order valence-electron chi connectivity index (χ2n) is 7.04. The van der Waals surface area contributed by atoms with Crippen LogP contribution in [0.4, 0.5) is 5.69 Å². The van der Waals surface area contributed by atoms with Crippen molar-refractivity contribution >= 4 is 11.6 Å². The van der Waals surface area contributed by atoms with Gasteiger partial charge in [-0.05, 0) is 44.0 Å². The first-order valence-electron chi connectivity index (χ1n) is 10.5. The van der Waals surface area contributed by atoms with Gasteiger partial charge in [-0.2, -0.15) is 0 Å². The number of imidazole rings is 1. The van der Waals surface area contributed by atoms with E-state index in [1.165, 1.54) is 5.56 Å². The standard InChI is InChI=1S/C24H31N5O2/c1-5-25-24(28-21-10-11-22(30-4)23(15-21)31-6-2)27-16-19-8-7-9-20(14-19)17-29-13-12-26-18(29)3/h7-15H,5-6,16-17H2,1-4H3,(H2,25,27,28). The van der Waals surface area contributed by atoms with Gasteiger partial charge in [0.25, 0.3) is 0 Å². The average Bonchev–Trinajstić information content (AvgIpc) is 3.17. The summed E-state index contributed by atoms with van der Waals surface area (Å²) in [5, 5.41) is 6.64. The summed E-state index contributed by atoms with van der Waals surface area (Å²) in [5.74, 6) is 3.13. The number of hydrogen-bond acceptors (Lipinski definition) is 4. The molecule has 2 N–H and O–H groups in total. The molecule has 164 valence electrons. The zero-order chi connectivity index (χ0) is 22.1. The average molecular weight is 422 g/mol. The number of aliphatic imine (C=N–C) groups is 1. The van der Waals surface area contributed by atoms with Crippen molar-refractivity contribution in [1.29, 1.82) is 0 Å². The van der Waals surface area contributed by atoms with Crippen LogP contribution in [0.5, 0.6) is 11.5 Å². The molecule has 1 aromatic heterocycles. The maximum atomic E-state index is 5.67. The third kappa shape index (κ3) is 6.25. The van der Waals surface area contributed by atoms with Crippen LogP contribution in [-0.2, 0) is 13.1 Å². The fraction of sp³-hybridized carbons (Fsp3) is 0.333. The molecular formula is C24H31N5O2. The molecule has 0 fully saturated rings. The number of aromatic nitrogens is 2. The van der Waals surface area contributed by atoms with Crippen LogP contribution in [0.25, 0.3) is 0 Å². The molecule has 0 radical (unpaired) electrons. The van der Waals surface area contributed by atoms with E-state index in [4.69, 9.17) is 14.5 Å². The Morgan fingerprint density at radius 2 is 1.94 bits per heavy atom. The molecule has 0 bridgehead atoms. The lowest BCUT2D eigenvalue weighted by Gasteiger charge is -2.14. The Morgan fingerprint density at radius 1 is 1.10 bits per heavy atom. The second-order valence-corrected chi connectivity index (χ2v) is 7.04. The van der Waals surface area contributed by atoms with Crippen LogP contribution in [0, 0.1) is 6.92 Å². The number of hydrogen-bond donors (Lipinski definition) is 2. The van der Waals surface area contributed by atoms with Crippen molar-refractivity contribution < 1.29 is 9.47 Å². The lowest BCUT2D eigenvalue weighted by Crippen LogP contribution is -2.30. The van der Waals surface area contributed by atoms with Gasteiger partial charge in [-0.25, -0.2) is 9.98 Å². The molecule has 0 aliphatic carbocycles. The molecule has 3 aromatic rings. The molecule has 7 heteroatoms. The van der Waals surface area contributed by atoms with Crippen molar-refractivity contribution in [1.82, 2.24) is 14.9 Å². The summed E-state index contributed by atoms with van der Waals surface area (Å²) in [5.41, 5.74) is 3.26. The Hall–Kier alpha value is -3.48. The minimum absolute atomic E-state index is 0.570. The highest BCUT2D eigenvalue weighted by atomic mass is 16.5. The Labute approximate surface area is 184 Å². The largest absolute Gasteiger partial charge is 0.493 e. The van der Waals surface area contributed by atoms with Gasteiger partial charge in [0.15, 0.2) is 17.5 Å². The SMILES string of the molecule is CCNC(=NCc1cccc(Cn2ccnc2C)c1)Nc1ccc(OC)c(OCC)c1. The molecule has 0 amide bonds. The van der Waals surface area contributed by atoms with Crippen LogP contribution in [0.1, 0.15) is 30.8 Å². The molecule has 3 rings (SSSR count). The third-order valence-electron chi connectivity index (χ3n) is 4.76. The zero-order valence-corrected chi connectivity index (χ0v) is 18.7. The van der Waals surface area contributed by atoms with Gasteiger partial charge in [-0.1, -0.05) is 24.3 Å². The molecule has 0 saturated carbocycles. The van der Waals surface area contributed by atoms with Crippen LogP contribution in [-0.4, -0.2) is 35.8 Å². The fourth-order valence-electron chi connectivity index (χ4n) is 3.23. The molecule has 0 spiro atoms. The van der Waals surface area contributed by atoms with Crippen molar-refractivity contribution in [2.75, 3.05) is 25.6 Å². The number of benzene rings is 2. The smallest absolute Gasteiger partial charge is 0.196 e. The summed E-state index contributed by atoms with van der Waals surface area (Å²) in [4.78, 5) is 9.05. The molecule has 0 atom stereocenters. The topological polar surface area (TPSA) is 72.7 Å². The lowest BCUT2D eigenvalue weighted by molar-refractivity contribution is 0.311. The van der Waals surface area contributed by atoms with E-state index in [0.717, 1.165) is 30.2 Å². The number of ether oxygens (including phenoxy) is 2. The predicted molar refractivity (Wildman–Crippen MR) is 125 cm³/mol. The summed E-state index contributed by atoms with van der Waals surface area (Å²) in [6.45, 7) is 8.72. The van der Waals surface area contributed by atoms with Crippen LogP contribution in [0.15, 0.2) is 59.9 Å². The molecule has 0 aliphatic rings. The Kier molecular flexibility index (Phi) is 7.92. The first-order valence-corrected chi connectivity index (χ1v) is 10.5. The van der Waals surface area contributed by atoms with Crippen LogP contribution in [0.3, 0.4) is 0 Å². The van der Waals surface area contributed by atoms with Gasteiger partial charge in [0.05, 0.1) is 20.3 Å². The number of nitrogens with zero attached hydrogens (tertiary/aromatic N) is 3. The van der Waals surface area contributed by atoms with Crippen molar-refractivity contribution in [2.24, 2.45) is 4.99 Å². The van der Waals surface area contributed by atoms with Gasteiger partial charge in [0.2, 0.25) is 0 Å². The van der Waals surface area contributed by atoms with E-state index >= 15 is 0 Å². The molecule has 0 unspecified atom stereocenters. The summed E-state index contributed by atoms with van der Waals surface area (Å²) in [6, 6.07) is 14.2. The lowest BCUT2D eigenvalue weighted by atomic mass is 10.1. The van der Waals surface area contributed by atoms with E-state index in [2.05, 4.69) is 44.5 Å². The molecule has 7 nitrogen and oxygen atoms in total. The normalized spacial score (nSPS) is 11.3. The molecule has 0 saturated heterocycles. The first kappa shape index (κ1) is 22.2. The molecule has 1 heterocycles. The molecular weight excluding hydrogens is 390 g/mol. The number of rotatable bonds is 9. The predicted octanol–water partition coefficient (Wildman–Crippen LogP) is 4.22. The van der Waals surface area contributed by atoms with Crippen molar-refractivity contribution in [3.63, 3.8) is 0 Å². The van der Waals surface area contributed by atoms with Crippen molar-refractivity contribution in [2.45, 2.75) is 33.9 Å². The summed E-state index contributed by atoms with van der Waals surface area (Å²) in [6.07, 6.45) is 3.83. The minimum atomic E-state index is 0.570. The van der Waals surface area contributed by atoms with E-state index in [9.17, 15) is 0 Å². The summed E-state index contributed by atoms with van der Waals surface area (Å²) >= 11 is 0. The van der Waals surface area contributed by atoms with Gasteiger partial charge in [0.1, 0.15) is 5.82 Å². The van der Waals surface area contributed by atoms with Crippen LogP contribution < -0.4 is 20.1 Å². The summed E-state index contributed by atoms with van der Waals surface area (Å²) in [7, 11) is 1.64. The van der Waals surface area contributed by atoms with Crippen molar-refractivity contribution in [3.05, 3.63) is 71.8 Å². The van der Waals surface area contributed by atoms with Gasteiger partial charge in [-0.15, -0.1) is 0 Å². The number of guanidine groups is 1. The highest BCUT2D eigenvalue weighted by molar-refractivity contribution is 5.93. The first-order chi connectivity index (χ1) is 15.1. The molecule has 2 aromatic carbocycles. The van der Waals surface area contributed by atoms with E-state index in [1.807, 2.05) is 51.4 Å². The number of nitrogens with one attached hydrogen (secondary N) is 2. The Balaban J connectivity index is 1.72. The minimum Gasteiger partial charge on any atom is -0.493 e. The number of anilines is 1. The van der Waals surface area contributed by atoms with Crippen molar-refractivity contribution in [3.8, 4) is 11.5 Å². The number of aryl methyl sites for hydroxylation is 1. The third-order valence-corrected chi connectivity index (χ3v) is 4.76. The highest BCUT2D eigenvalue weighted by Crippen LogP contribution is 2.30. The van der Waals surface area contributed by atoms with E-state index < -0.39 is 0 Å².